The lowest BCUT2D eigenvalue weighted by Crippen LogP contribution is -2.25. The molecule has 0 radical (unpaired) electrons. The monoisotopic (exact) mass is 303 g/mol. The van der Waals surface area contributed by atoms with Gasteiger partial charge >= 0.3 is 0 Å². The van der Waals surface area contributed by atoms with Gasteiger partial charge in [0.05, 0.1) is 0 Å². The molecule has 4 heteroatoms. The lowest BCUT2D eigenvalue weighted by atomic mass is 10.1. The number of rotatable bonds is 7. The van der Waals surface area contributed by atoms with E-state index in [2.05, 4.69) is 5.32 Å². The SMILES string of the molecule is O=C(CCc1ccccc1F)NCCSc1ccccc1. The molecule has 0 heterocycles. The van der Waals surface area contributed by atoms with Crippen molar-refractivity contribution in [2.24, 2.45) is 0 Å². The van der Waals surface area contributed by atoms with Crippen molar-refractivity contribution < 1.29 is 9.18 Å². The summed E-state index contributed by atoms with van der Waals surface area (Å²) in [5.41, 5.74) is 0.589. The molecule has 0 aromatic heterocycles. The summed E-state index contributed by atoms with van der Waals surface area (Å²) in [4.78, 5) is 12.9. The third kappa shape index (κ3) is 5.60. The lowest BCUT2D eigenvalue weighted by Gasteiger charge is -2.06. The van der Waals surface area contributed by atoms with E-state index in [1.807, 2.05) is 30.3 Å². The molecule has 21 heavy (non-hydrogen) atoms. The van der Waals surface area contributed by atoms with E-state index in [4.69, 9.17) is 0 Å². The van der Waals surface area contributed by atoms with E-state index >= 15 is 0 Å². The molecule has 2 aromatic rings. The number of carbonyl (C=O) groups excluding carboxylic acids is 1. The average Bonchev–Trinajstić information content (AvgIpc) is 2.52. The van der Waals surface area contributed by atoms with Gasteiger partial charge in [-0.25, -0.2) is 4.39 Å². The van der Waals surface area contributed by atoms with Crippen molar-refractivity contribution in [2.45, 2.75) is 17.7 Å². The largest absolute Gasteiger partial charge is 0.355 e. The van der Waals surface area contributed by atoms with Crippen LogP contribution in [0.1, 0.15) is 12.0 Å². The van der Waals surface area contributed by atoms with Gasteiger partial charge in [0.2, 0.25) is 5.91 Å². The fraction of sp³-hybridized carbons (Fsp3) is 0.235. The third-order valence-corrected chi connectivity index (χ3v) is 4.03. The number of thioether (sulfide) groups is 1. The summed E-state index contributed by atoms with van der Waals surface area (Å²) in [7, 11) is 0. The molecule has 0 bridgehead atoms. The van der Waals surface area contributed by atoms with Gasteiger partial charge < -0.3 is 5.32 Å². The van der Waals surface area contributed by atoms with Crippen molar-refractivity contribution in [3.8, 4) is 0 Å². The molecule has 110 valence electrons. The van der Waals surface area contributed by atoms with E-state index < -0.39 is 0 Å². The molecule has 0 saturated carbocycles. The average molecular weight is 303 g/mol. The molecule has 2 nitrogen and oxygen atoms in total. The molecule has 0 atom stereocenters. The van der Waals surface area contributed by atoms with Crippen LogP contribution in [0.4, 0.5) is 4.39 Å². The fourth-order valence-corrected chi connectivity index (χ4v) is 2.70. The molecular weight excluding hydrogens is 285 g/mol. The van der Waals surface area contributed by atoms with Crippen LogP contribution in [0.15, 0.2) is 59.5 Å². The number of halogens is 1. The summed E-state index contributed by atoms with van der Waals surface area (Å²) >= 11 is 1.70. The van der Waals surface area contributed by atoms with Gasteiger partial charge in [-0.15, -0.1) is 11.8 Å². The zero-order valence-corrected chi connectivity index (χ0v) is 12.5. The number of aryl methyl sites for hydroxylation is 1. The molecule has 2 aromatic carbocycles. The number of benzene rings is 2. The minimum atomic E-state index is -0.245. The van der Waals surface area contributed by atoms with Gasteiger partial charge in [-0.2, -0.15) is 0 Å². The van der Waals surface area contributed by atoms with E-state index in [0.29, 0.717) is 24.9 Å². The Bertz CT molecular complexity index is 574. The Labute approximate surface area is 128 Å². The zero-order chi connectivity index (χ0) is 14.9. The predicted molar refractivity (Wildman–Crippen MR) is 84.9 cm³/mol. The van der Waals surface area contributed by atoms with Gasteiger partial charge in [0.1, 0.15) is 5.82 Å². The van der Waals surface area contributed by atoms with Crippen LogP contribution >= 0.6 is 11.8 Å². The van der Waals surface area contributed by atoms with Crippen molar-refractivity contribution >= 4 is 17.7 Å². The Morgan fingerprint density at radius 1 is 1.05 bits per heavy atom. The molecule has 1 amide bonds. The van der Waals surface area contributed by atoms with Crippen LogP contribution < -0.4 is 5.32 Å². The van der Waals surface area contributed by atoms with Crippen LogP contribution in [0.2, 0.25) is 0 Å². The van der Waals surface area contributed by atoms with Crippen molar-refractivity contribution in [2.75, 3.05) is 12.3 Å². The maximum atomic E-state index is 13.4. The second-order valence-corrected chi connectivity index (χ2v) is 5.77. The smallest absolute Gasteiger partial charge is 0.220 e. The van der Waals surface area contributed by atoms with E-state index in [0.717, 1.165) is 5.75 Å². The van der Waals surface area contributed by atoms with Crippen LogP contribution in [-0.4, -0.2) is 18.2 Å². The second-order valence-electron chi connectivity index (χ2n) is 4.60. The first kappa shape index (κ1) is 15.6. The molecule has 0 fully saturated rings. The highest BCUT2D eigenvalue weighted by Crippen LogP contribution is 2.15. The molecule has 1 N–H and O–H groups in total. The first-order chi connectivity index (χ1) is 10.3. The molecule has 2 rings (SSSR count). The Morgan fingerprint density at radius 2 is 1.76 bits per heavy atom. The molecule has 0 aliphatic heterocycles. The topological polar surface area (TPSA) is 29.1 Å². The zero-order valence-electron chi connectivity index (χ0n) is 11.7. The summed E-state index contributed by atoms with van der Waals surface area (Å²) in [6.45, 7) is 0.621. The number of nitrogens with one attached hydrogen (secondary N) is 1. The summed E-state index contributed by atoms with van der Waals surface area (Å²) in [5, 5.41) is 2.86. The molecule has 0 unspecified atom stereocenters. The van der Waals surface area contributed by atoms with Crippen molar-refractivity contribution in [3.63, 3.8) is 0 Å². The van der Waals surface area contributed by atoms with Crippen LogP contribution in [0.25, 0.3) is 0 Å². The number of amides is 1. The van der Waals surface area contributed by atoms with Gasteiger partial charge in [0.15, 0.2) is 0 Å². The van der Waals surface area contributed by atoms with Crippen LogP contribution in [0.5, 0.6) is 0 Å². The molecule has 0 aliphatic carbocycles. The fourth-order valence-electron chi connectivity index (χ4n) is 1.91. The van der Waals surface area contributed by atoms with Gasteiger partial charge in [-0.05, 0) is 30.2 Å². The number of hydrogen-bond acceptors (Lipinski definition) is 2. The molecular formula is C17H18FNOS. The summed E-state index contributed by atoms with van der Waals surface area (Å²) < 4.78 is 13.4. The maximum absolute atomic E-state index is 13.4. The Balaban J connectivity index is 1.63. The van der Waals surface area contributed by atoms with Gasteiger partial charge in [-0.1, -0.05) is 36.4 Å². The minimum absolute atomic E-state index is 0.0353. The standard InChI is InChI=1S/C17H18FNOS/c18-16-9-5-4-6-14(16)10-11-17(20)19-12-13-21-15-7-2-1-3-8-15/h1-9H,10-13H2,(H,19,20). The first-order valence-electron chi connectivity index (χ1n) is 6.93. The Morgan fingerprint density at radius 3 is 2.52 bits per heavy atom. The van der Waals surface area contributed by atoms with Crippen LogP contribution in [-0.2, 0) is 11.2 Å². The molecule has 0 spiro atoms. The normalized spacial score (nSPS) is 10.3. The quantitative estimate of drug-likeness (QED) is 0.624. The van der Waals surface area contributed by atoms with Crippen molar-refractivity contribution in [1.29, 1.82) is 0 Å². The number of hydrogen-bond donors (Lipinski definition) is 1. The second kappa shape index (κ2) is 8.47. The maximum Gasteiger partial charge on any atom is 0.220 e. The summed E-state index contributed by atoms with van der Waals surface area (Å²) in [5.74, 6) is 0.548. The number of carbonyl (C=O) groups is 1. The van der Waals surface area contributed by atoms with Gasteiger partial charge in [0, 0.05) is 23.6 Å². The van der Waals surface area contributed by atoms with E-state index in [1.54, 1.807) is 30.0 Å². The Hall–Kier alpha value is -1.81. The van der Waals surface area contributed by atoms with E-state index in [9.17, 15) is 9.18 Å². The summed E-state index contributed by atoms with van der Waals surface area (Å²) in [6, 6.07) is 16.6. The summed E-state index contributed by atoms with van der Waals surface area (Å²) in [6.07, 6.45) is 0.751. The molecule has 0 aliphatic rings. The predicted octanol–water partition coefficient (Wildman–Crippen LogP) is 3.67. The highest BCUT2D eigenvalue weighted by Gasteiger charge is 2.05. The van der Waals surface area contributed by atoms with E-state index in [-0.39, 0.29) is 11.7 Å². The van der Waals surface area contributed by atoms with Crippen molar-refractivity contribution in [3.05, 3.63) is 66.0 Å². The molecule has 0 saturated heterocycles. The third-order valence-electron chi connectivity index (χ3n) is 3.02. The highest BCUT2D eigenvalue weighted by molar-refractivity contribution is 7.99. The van der Waals surface area contributed by atoms with Gasteiger partial charge in [0.25, 0.3) is 0 Å². The lowest BCUT2D eigenvalue weighted by molar-refractivity contribution is -0.120. The van der Waals surface area contributed by atoms with Gasteiger partial charge in [-0.3, -0.25) is 4.79 Å². The Kier molecular flexibility index (Phi) is 6.28. The van der Waals surface area contributed by atoms with Crippen LogP contribution in [0.3, 0.4) is 0 Å². The van der Waals surface area contributed by atoms with Crippen LogP contribution in [0, 0.1) is 5.82 Å². The first-order valence-corrected chi connectivity index (χ1v) is 7.92. The van der Waals surface area contributed by atoms with Crippen molar-refractivity contribution in [1.82, 2.24) is 5.32 Å². The highest BCUT2D eigenvalue weighted by atomic mass is 32.2. The minimum Gasteiger partial charge on any atom is -0.355 e. The van der Waals surface area contributed by atoms with E-state index in [1.165, 1.54) is 11.0 Å².